The van der Waals surface area contributed by atoms with E-state index in [1.165, 1.54) is 0 Å². The maximum Gasteiger partial charge on any atom is 0.181 e. The van der Waals surface area contributed by atoms with Gasteiger partial charge in [-0.25, -0.2) is 14.4 Å². The van der Waals surface area contributed by atoms with Crippen molar-refractivity contribution in [1.29, 1.82) is 0 Å². The van der Waals surface area contributed by atoms with Crippen LogP contribution in [0.5, 0.6) is 0 Å². The summed E-state index contributed by atoms with van der Waals surface area (Å²) in [5.41, 5.74) is 7.05. The summed E-state index contributed by atoms with van der Waals surface area (Å²) in [7, 11) is 2.11. The third-order valence-corrected chi connectivity index (χ3v) is 7.10. The molecule has 0 bridgehead atoms. The first-order valence-corrected chi connectivity index (χ1v) is 12.5. The Morgan fingerprint density at radius 1 is 0.895 bits per heavy atom. The van der Waals surface area contributed by atoms with Crippen LogP contribution in [0.1, 0.15) is 0 Å². The molecule has 0 atom stereocenters. The summed E-state index contributed by atoms with van der Waals surface area (Å²) < 4.78 is 14.8. The molecule has 5 aromatic heterocycles. The molecule has 1 aromatic carbocycles. The second-order valence-corrected chi connectivity index (χ2v) is 9.59. The Hall–Kier alpha value is -4.70. The van der Waals surface area contributed by atoms with Gasteiger partial charge in [0.1, 0.15) is 11.5 Å². The van der Waals surface area contributed by atoms with Crippen LogP contribution >= 0.6 is 0 Å². The van der Waals surface area contributed by atoms with Gasteiger partial charge in [0.2, 0.25) is 0 Å². The van der Waals surface area contributed by atoms with Gasteiger partial charge in [0, 0.05) is 73.3 Å². The number of hydrogen-bond acceptors (Lipinski definition) is 7. The Morgan fingerprint density at radius 2 is 1.79 bits per heavy atom. The minimum absolute atomic E-state index is 0.280. The molecule has 6 heterocycles. The number of hydrogen-bond donors (Lipinski definition) is 2. The van der Waals surface area contributed by atoms with Crippen LogP contribution in [-0.2, 0) is 0 Å². The molecule has 0 aliphatic carbocycles. The lowest BCUT2D eigenvalue weighted by molar-refractivity contribution is 0.313. The van der Waals surface area contributed by atoms with Gasteiger partial charge in [0.25, 0.3) is 0 Å². The number of halogens is 1. The van der Waals surface area contributed by atoms with Crippen LogP contribution < -0.4 is 4.90 Å². The van der Waals surface area contributed by atoms with Gasteiger partial charge < -0.3 is 14.8 Å². The summed E-state index contributed by atoms with van der Waals surface area (Å²) in [4.78, 5) is 25.9. The van der Waals surface area contributed by atoms with Gasteiger partial charge in [-0.1, -0.05) is 6.07 Å². The van der Waals surface area contributed by atoms with Crippen molar-refractivity contribution in [1.82, 2.24) is 40.0 Å². The van der Waals surface area contributed by atoms with Crippen molar-refractivity contribution in [2.45, 2.75) is 0 Å². The molecule has 0 spiro atoms. The summed E-state index contributed by atoms with van der Waals surface area (Å²) in [6.07, 6.45) is 8.80. The molecule has 9 nitrogen and oxygen atoms in total. The number of anilines is 1. The van der Waals surface area contributed by atoms with E-state index in [0.717, 1.165) is 70.7 Å². The number of aromatic amines is 2. The first-order chi connectivity index (χ1) is 18.6. The largest absolute Gasteiger partial charge is 0.369 e. The number of piperazine rings is 1. The fourth-order valence-electron chi connectivity index (χ4n) is 5.01. The van der Waals surface area contributed by atoms with Crippen molar-refractivity contribution in [2.24, 2.45) is 0 Å². The highest BCUT2D eigenvalue weighted by Gasteiger charge is 2.19. The highest BCUT2D eigenvalue weighted by Crippen LogP contribution is 2.34. The molecule has 2 N–H and O–H groups in total. The Bertz CT molecular complexity index is 1770. The SMILES string of the molecule is CN1CCN(c2cc(F)cc(-c3cncc4[nH]c(-c5[nH]nc6ncc(-c7cccnc7)cc56)nc34)c2)CC1. The monoisotopic (exact) mass is 505 g/mol. The first kappa shape index (κ1) is 22.5. The smallest absolute Gasteiger partial charge is 0.181 e. The Labute approximate surface area is 217 Å². The van der Waals surface area contributed by atoms with Gasteiger partial charge in [-0.3, -0.25) is 15.1 Å². The zero-order valence-corrected chi connectivity index (χ0v) is 20.7. The molecule has 188 valence electrons. The minimum atomic E-state index is -0.280. The number of fused-ring (bicyclic) bond motifs is 2. The average molecular weight is 506 g/mol. The maximum absolute atomic E-state index is 14.8. The number of imidazole rings is 1. The molecule has 1 aliphatic rings. The fraction of sp³-hybridized carbons (Fsp3) is 0.179. The standard InChI is InChI=1S/C28H24FN9/c1-37-5-7-38(8-6-37)21-10-18(9-20(29)12-21)23-15-31-16-24-25(23)34-28(33-24)26-22-11-19(14-32-27(22)36-35-26)17-3-2-4-30-13-17/h2-4,9-16H,5-8H2,1H3,(H,33,34)(H,32,35,36). The predicted molar refractivity (Wildman–Crippen MR) is 145 cm³/mol. The summed E-state index contributed by atoms with van der Waals surface area (Å²) in [6.45, 7) is 3.61. The van der Waals surface area contributed by atoms with Crippen molar-refractivity contribution < 1.29 is 4.39 Å². The van der Waals surface area contributed by atoms with Gasteiger partial charge >= 0.3 is 0 Å². The molecule has 0 saturated carbocycles. The number of H-pyrrole nitrogens is 2. The molecule has 0 amide bonds. The lowest BCUT2D eigenvalue weighted by Crippen LogP contribution is -2.44. The maximum atomic E-state index is 14.8. The van der Waals surface area contributed by atoms with Crippen LogP contribution in [0.3, 0.4) is 0 Å². The highest BCUT2D eigenvalue weighted by molar-refractivity contribution is 5.97. The molecule has 38 heavy (non-hydrogen) atoms. The van der Waals surface area contributed by atoms with Crippen molar-refractivity contribution in [2.75, 3.05) is 38.1 Å². The number of pyridine rings is 3. The average Bonchev–Trinajstić information content (AvgIpc) is 3.57. The van der Waals surface area contributed by atoms with E-state index in [1.807, 2.05) is 24.3 Å². The third-order valence-electron chi connectivity index (χ3n) is 7.10. The number of nitrogens with one attached hydrogen (secondary N) is 2. The lowest BCUT2D eigenvalue weighted by Gasteiger charge is -2.34. The van der Waals surface area contributed by atoms with E-state index < -0.39 is 0 Å². The van der Waals surface area contributed by atoms with Crippen molar-refractivity contribution >= 4 is 27.8 Å². The zero-order chi connectivity index (χ0) is 25.6. The van der Waals surface area contributed by atoms with Gasteiger partial charge in [-0.2, -0.15) is 5.10 Å². The number of nitrogens with zero attached hydrogens (tertiary/aromatic N) is 7. The van der Waals surface area contributed by atoms with Gasteiger partial charge in [-0.05, 0) is 42.9 Å². The van der Waals surface area contributed by atoms with E-state index in [1.54, 1.807) is 43.1 Å². The molecular weight excluding hydrogens is 481 g/mol. The second-order valence-electron chi connectivity index (χ2n) is 9.59. The van der Waals surface area contributed by atoms with Crippen LogP contribution in [0.4, 0.5) is 10.1 Å². The van der Waals surface area contributed by atoms with Gasteiger partial charge in [0.15, 0.2) is 11.5 Å². The Kier molecular flexibility index (Phi) is 5.33. The minimum Gasteiger partial charge on any atom is -0.369 e. The quantitative estimate of drug-likeness (QED) is 0.363. The molecule has 1 aliphatic heterocycles. The molecular formula is C28H24FN9. The van der Waals surface area contributed by atoms with Crippen LogP contribution in [0.25, 0.3) is 55.8 Å². The number of benzene rings is 1. The van der Waals surface area contributed by atoms with Gasteiger partial charge in [-0.15, -0.1) is 0 Å². The molecule has 0 unspecified atom stereocenters. The summed E-state index contributed by atoms with van der Waals surface area (Å²) in [5, 5.41) is 8.29. The molecule has 1 fully saturated rings. The Morgan fingerprint density at radius 3 is 2.63 bits per heavy atom. The topological polar surface area (TPSA) is 103 Å². The van der Waals surface area contributed by atoms with E-state index in [4.69, 9.17) is 4.98 Å². The van der Waals surface area contributed by atoms with Crippen LogP contribution in [0.2, 0.25) is 0 Å². The third kappa shape index (κ3) is 3.95. The van der Waals surface area contributed by atoms with E-state index in [-0.39, 0.29) is 5.82 Å². The van der Waals surface area contributed by atoms with Crippen LogP contribution in [0, 0.1) is 5.82 Å². The molecule has 10 heteroatoms. The van der Waals surface area contributed by atoms with E-state index in [2.05, 4.69) is 47.0 Å². The van der Waals surface area contributed by atoms with Gasteiger partial charge in [0.05, 0.1) is 22.6 Å². The zero-order valence-electron chi connectivity index (χ0n) is 20.7. The normalized spacial score (nSPS) is 14.5. The lowest BCUT2D eigenvalue weighted by atomic mass is 10.0. The van der Waals surface area contributed by atoms with Crippen molar-refractivity contribution in [3.8, 4) is 33.8 Å². The highest BCUT2D eigenvalue weighted by atomic mass is 19.1. The first-order valence-electron chi connectivity index (χ1n) is 12.5. The van der Waals surface area contributed by atoms with Crippen LogP contribution in [-0.4, -0.2) is 73.2 Å². The number of rotatable bonds is 4. The summed E-state index contributed by atoms with van der Waals surface area (Å²) >= 11 is 0. The van der Waals surface area contributed by atoms with E-state index in [9.17, 15) is 4.39 Å². The number of likely N-dealkylation sites (N-methyl/N-ethyl adjacent to an activating group) is 1. The van der Waals surface area contributed by atoms with E-state index in [0.29, 0.717) is 17.0 Å². The second kappa shape index (κ2) is 9.00. The van der Waals surface area contributed by atoms with Crippen molar-refractivity contribution in [3.05, 3.63) is 73.2 Å². The molecule has 7 rings (SSSR count). The fourth-order valence-corrected chi connectivity index (χ4v) is 5.01. The number of aromatic nitrogens is 7. The Balaban J connectivity index is 1.31. The van der Waals surface area contributed by atoms with Crippen LogP contribution in [0.15, 0.2) is 67.4 Å². The summed E-state index contributed by atoms with van der Waals surface area (Å²) in [6, 6.07) is 11.1. The van der Waals surface area contributed by atoms with E-state index >= 15 is 0 Å². The summed E-state index contributed by atoms with van der Waals surface area (Å²) in [5.74, 6) is 0.329. The molecule has 0 radical (unpaired) electrons. The molecule has 1 saturated heterocycles. The van der Waals surface area contributed by atoms with Crippen molar-refractivity contribution in [3.63, 3.8) is 0 Å². The molecule has 6 aromatic rings. The predicted octanol–water partition coefficient (Wildman–Crippen LogP) is 4.52.